The van der Waals surface area contributed by atoms with Crippen LogP contribution in [0, 0.1) is 16.7 Å². The minimum atomic E-state index is -0.0158. The maximum Gasteiger partial charge on any atom is 0.0991 e. The van der Waals surface area contributed by atoms with E-state index in [2.05, 4.69) is 50.1 Å². The fourth-order valence-corrected chi connectivity index (χ4v) is 4.80. The van der Waals surface area contributed by atoms with Crippen LogP contribution in [0.15, 0.2) is 64.8 Å². The number of benzene rings is 2. The van der Waals surface area contributed by atoms with Gasteiger partial charge in [0.05, 0.1) is 49.0 Å². The molecular weight excluding hydrogens is 348 g/mol. The quantitative estimate of drug-likeness (QED) is 0.611. The highest BCUT2D eigenvalue weighted by molar-refractivity contribution is 6.05. The third-order valence-corrected chi connectivity index (χ3v) is 5.73. The topological polar surface area (TPSA) is 58.2 Å². The van der Waals surface area contributed by atoms with Gasteiger partial charge in [-0.3, -0.25) is 14.7 Å². The van der Waals surface area contributed by atoms with Crippen molar-refractivity contribution in [3.8, 4) is 6.07 Å². The summed E-state index contributed by atoms with van der Waals surface area (Å²) in [5, 5.41) is 18.2. The molecule has 2 aromatic rings. The first-order valence-corrected chi connectivity index (χ1v) is 9.58. The first kappa shape index (κ1) is 17.3. The van der Waals surface area contributed by atoms with Gasteiger partial charge >= 0.3 is 0 Å². The first-order valence-electron chi connectivity index (χ1n) is 9.58. The van der Waals surface area contributed by atoms with Gasteiger partial charge in [-0.05, 0) is 23.3 Å². The number of rotatable bonds is 4. The third-order valence-electron chi connectivity index (χ3n) is 5.73. The molecule has 6 heteroatoms. The van der Waals surface area contributed by atoms with Crippen LogP contribution in [0.2, 0.25) is 0 Å². The molecule has 4 saturated heterocycles. The van der Waals surface area contributed by atoms with Gasteiger partial charge in [0.1, 0.15) is 0 Å². The molecule has 0 atom stereocenters. The summed E-state index contributed by atoms with van der Waals surface area (Å²) in [6.07, 6.45) is 1.77. The Hall–Kier alpha value is -2.85. The molecule has 0 spiro atoms. The highest BCUT2D eigenvalue weighted by atomic mass is 15.5. The molecule has 2 aromatic carbocycles. The number of nitrogens with zero attached hydrogens (tertiary/aromatic N) is 6. The Balaban J connectivity index is 1.49. The summed E-state index contributed by atoms with van der Waals surface area (Å²) in [5.74, 6) is 0. The standard InChI is InChI=1S/C22H22N6/c23-10-18-6-8-19(9-7-18)11-24-25-21(20-4-2-1-3-5-20)22-12-26-15-27(13-22)17-28(14-22)16-26/h1-9,11H,12-17H2/b24-11+,25-21-. The Morgan fingerprint density at radius 2 is 1.50 bits per heavy atom. The molecule has 4 bridgehead atoms. The second-order valence-electron chi connectivity index (χ2n) is 7.98. The second-order valence-corrected chi connectivity index (χ2v) is 7.98. The van der Waals surface area contributed by atoms with Crippen molar-refractivity contribution in [2.24, 2.45) is 15.6 Å². The molecule has 28 heavy (non-hydrogen) atoms. The Morgan fingerprint density at radius 3 is 2.07 bits per heavy atom. The molecule has 4 heterocycles. The maximum atomic E-state index is 8.94. The molecule has 0 radical (unpaired) electrons. The fourth-order valence-electron chi connectivity index (χ4n) is 4.80. The van der Waals surface area contributed by atoms with E-state index in [1.54, 1.807) is 18.3 Å². The maximum absolute atomic E-state index is 8.94. The molecule has 140 valence electrons. The summed E-state index contributed by atoms with van der Waals surface area (Å²) >= 11 is 0. The summed E-state index contributed by atoms with van der Waals surface area (Å²) in [7, 11) is 0. The lowest BCUT2D eigenvalue weighted by Crippen LogP contribution is -2.74. The molecule has 6 nitrogen and oxygen atoms in total. The van der Waals surface area contributed by atoms with Crippen LogP contribution < -0.4 is 0 Å². The van der Waals surface area contributed by atoms with E-state index < -0.39 is 0 Å². The van der Waals surface area contributed by atoms with Gasteiger partial charge < -0.3 is 0 Å². The summed E-state index contributed by atoms with van der Waals surface area (Å²) < 4.78 is 0. The Bertz CT molecular complexity index is 919. The van der Waals surface area contributed by atoms with Gasteiger partial charge in [-0.25, -0.2) is 0 Å². The molecule has 0 N–H and O–H groups in total. The SMILES string of the molecule is N#Cc1ccc(/C=N/N=C(/c2ccccc2)C23CN4CN(CN(C4)C2)C3)cc1. The molecule has 0 unspecified atom stereocenters. The van der Waals surface area contributed by atoms with Gasteiger partial charge in [-0.15, -0.1) is 0 Å². The van der Waals surface area contributed by atoms with Crippen LogP contribution in [0.5, 0.6) is 0 Å². The third kappa shape index (κ3) is 3.14. The van der Waals surface area contributed by atoms with E-state index in [4.69, 9.17) is 10.4 Å². The molecule has 0 amide bonds. The molecule has 0 aliphatic carbocycles. The van der Waals surface area contributed by atoms with E-state index in [1.165, 1.54) is 0 Å². The van der Waals surface area contributed by atoms with Gasteiger partial charge in [-0.1, -0.05) is 42.5 Å². The molecular formula is C22H22N6. The van der Waals surface area contributed by atoms with E-state index >= 15 is 0 Å². The zero-order valence-electron chi connectivity index (χ0n) is 15.7. The molecule has 4 aliphatic heterocycles. The predicted octanol–water partition coefficient (Wildman–Crippen LogP) is 2.19. The van der Waals surface area contributed by atoms with Crippen LogP contribution in [0.3, 0.4) is 0 Å². The Morgan fingerprint density at radius 1 is 0.893 bits per heavy atom. The molecule has 0 aromatic heterocycles. The van der Waals surface area contributed by atoms with Crippen molar-refractivity contribution in [1.29, 1.82) is 5.26 Å². The second kappa shape index (κ2) is 6.95. The lowest BCUT2D eigenvalue weighted by molar-refractivity contribution is -0.149. The number of hydrogen-bond acceptors (Lipinski definition) is 6. The lowest BCUT2D eigenvalue weighted by atomic mass is 9.74. The molecule has 4 fully saturated rings. The van der Waals surface area contributed by atoms with Crippen LogP contribution in [0.25, 0.3) is 0 Å². The van der Waals surface area contributed by atoms with Crippen molar-refractivity contribution < 1.29 is 0 Å². The van der Waals surface area contributed by atoms with Crippen LogP contribution in [0.4, 0.5) is 0 Å². The van der Waals surface area contributed by atoms with Gasteiger partial charge in [0.2, 0.25) is 0 Å². The Kier molecular flexibility index (Phi) is 4.29. The first-order chi connectivity index (χ1) is 13.7. The summed E-state index contributed by atoms with van der Waals surface area (Å²) in [6.45, 7) is 6.23. The van der Waals surface area contributed by atoms with Crippen molar-refractivity contribution in [3.63, 3.8) is 0 Å². The van der Waals surface area contributed by atoms with Crippen molar-refractivity contribution in [3.05, 3.63) is 71.3 Å². The normalized spacial score (nSPS) is 31.2. The zero-order valence-corrected chi connectivity index (χ0v) is 15.7. The largest absolute Gasteiger partial charge is 0.276 e. The predicted molar refractivity (Wildman–Crippen MR) is 109 cm³/mol. The van der Waals surface area contributed by atoms with E-state index in [1.807, 2.05) is 18.2 Å². The minimum Gasteiger partial charge on any atom is -0.276 e. The summed E-state index contributed by atoms with van der Waals surface area (Å²) in [4.78, 5) is 7.50. The fraction of sp³-hybridized carbons (Fsp3) is 0.318. The minimum absolute atomic E-state index is 0.0158. The van der Waals surface area contributed by atoms with Crippen molar-refractivity contribution in [1.82, 2.24) is 14.7 Å². The van der Waals surface area contributed by atoms with Gasteiger partial charge in [0, 0.05) is 19.6 Å². The zero-order chi connectivity index (χ0) is 19.0. The highest BCUT2D eigenvalue weighted by Crippen LogP contribution is 2.38. The van der Waals surface area contributed by atoms with Crippen LogP contribution in [-0.2, 0) is 0 Å². The number of hydrogen-bond donors (Lipinski definition) is 0. The molecule has 4 aliphatic rings. The lowest BCUT2D eigenvalue weighted by Gasteiger charge is -2.60. The van der Waals surface area contributed by atoms with Gasteiger partial charge in [-0.2, -0.15) is 15.5 Å². The van der Waals surface area contributed by atoms with Crippen LogP contribution >= 0.6 is 0 Å². The van der Waals surface area contributed by atoms with Crippen molar-refractivity contribution >= 4 is 11.9 Å². The van der Waals surface area contributed by atoms with E-state index in [0.717, 1.165) is 56.5 Å². The van der Waals surface area contributed by atoms with Gasteiger partial charge in [0.15, 0.2) is 0 Å². The van der Waals surface area contributed by atoms with Crippen molar-refractivity contribution in [2.45, 2.75) is 0 Å². The molecule has 6 rings (SSSR count). The van der Waals surface area contributed by atoms with E-state index in [9.17, 15) is 0 Å². The van der Waals surface area contributed by atoms with Crippen LogP contribution in [-0.4, -0.2) is 66.3 Å². The summed E-state index contributed by atoms with van der Waals surface area (Å²) in [5.41, 5.74) is 3.79. The van der Waals surface area contributed by atoms with Crippen molar-refractivity contribution in [2.75, 3.05) is 39.6 Å². The van der Waals surface area contributed by atoms with Crippen LogP contribution in [0.1, 0.15) is 16.7 Å². The Labute approximate surface area is 165 Å². The smallest absolute Gasteiger partial charge is 0.0991 e. The van der Waals surface area contributed by atoms with Gasteiger partial charge in [0.25, 0.3) is 0 Å². The molecule has 0 saturated carbocycles. The average Bonchev–Trinajstić information content (AvgIpc) is 2.71. The van der Waals surface area contributed by atoms with E-state index in [-0.39, 0.29) is 5.41 Å². The monoisotopic (exact) mass is 370 g/mol. The highest BCUT2D eigenvalue weighted by Gasteiger charge is 2.51. The van der Waals surface area contributed by atoms with E-state index in [0.29, 0.717) is 5.56 Å². The average molecular weight is 370 g/mol. The number of nitriles is 1. The summed E-state index contributed by atoms with van der Waals surface area (Å²) in [6, 6.07) is 20.0.